The Morgan fingerprint density at radius 2 is 2.44 bits per heavy atom. The average Bonchev–Trinajstić information content (AvgIpc) is 2.63. The van der Waals surface area contributed by atoms with Gasteiger partial charge in [0.05, 0.1) is 0 Å². The molecule has 0 aromatic carbocycles. The van der Waals surface area contributed by atoms with Crippen LogP contribution in [0.25, 0.3) is 0 Å². The summed E-state index contributed by atoms with van der Waals surface area (Å²) in [6.45, 7) is 2.97. The summed E-state index contributed by atoms with van der Waals surface area (Å²) in [6, 6.07) is 0. The molecule has 0 bridgehead atoms. The van der Waals surface area contributed by atoms with Crippen molar-refractivity contribution >= 4 is 6.41 Å². The predicted molar refractivity (Wildman–Crippen MR) is 35.6 cm³/mol. The van der Waals surface area contributed by atoms with Gasteiger partial charge in [0.1, 0.15) is 0 Å². The van der Waals surface area contributed by atoms with E-state index in [1.807, 2.05) is 0 Å². The lowest BCUT2D eigenvalue weighted by Crippen LogP contribution is -2.20. The van der Waals surface area contributed by atoms with Crippen molar-refractivity contribution in [3.05, 3.63) is 0 Å². The lowest BCUT2D eigenvalue weighted by molar-refractivity contribution is 0.480. The van der Waals surface area contributed by atoms with Gasteiger partial charge in [-0.2, -0.15) is 0 Å². The SMILES string of the molecule is CC(CN[C]=O)C1CC1. The Bertz CT molecular complexity index is 99.1. The van der Waals surface area contributed by atoms with Crippen LogP contribution >= 0.6 is 0 Å². The Morgan fingerprint density at radius 1 is 1.78 bits per heavy atom. The highest BCUT2D eigenvalue weighted by Crippen LogP contribution is 2.35. The molecule has 1 rings (SSSR count). The summed E-state index contributed by atoms with van der Waals surface area (Å²) in [4.78, 5) is 9.72. The summed E-state index contributed by atoms with van der Waals surface area (Å²) in [7, 11) is 0. The van der Waals surface area contributed by atoms with Gasteiger partial charge in [0, 0.05) is 6.54 Å². The molecular weight excluding hydrogens is 114 g/mol. The molecule has 1 unspecified atom stereocenters. The van der Waals surface area contributed by atoms with Crippen molar-refractivity contribution in [3.63, 3.8) is 0 Å². The zero-order valence-electron chi connectivity index (χ0n) is 5.68. The van der Waals surface area contributed by atoms with Crippen molar-refractivity contribution in [2.45, 2.75) is 19.8 Å². The van der Waals surface area contributed by atoms with E-state index in [-0.39, 0.29) is 0 Å². The fourth-order valence-corrected chi connectivity index (χ4v) is 1.03. The molecule has 0 aromatic heterocycles. The number of hydrogen-bond acceptors (Lipinski definition) is 1. The molecule has 1 amide bonds. The maximum absolute atomic E-state index is 9.72. The molecule has 1 N–H and O–H groups in total. The second-order valence-electron chi connectivity index (χ2n) is 2.80. The average molecular weight is 126 g/mol. The van der Waals surface area contributed by atoms with Gasteiger partial charge in [0.25, 0.3) is 0 Å². The lowest BCUT2D eigenvalue weighted by Gasteiger charge is -2.05. The minimum atomic E-state index is 0.659. The molecule has 1 radical (unpaired) electrons. The van der Waals surface area contributed by atoms with E-state index in [0.717, 1.165) is 12.5 Å². The number of carbonyl (C=O) groups excluding carboxylic acids is 1. The third-order valence-electron chi connectivity index (χ3n) is 1.92. The number of nitrogens with one attached hydrogen (secondary N) is 1. The standard InChI is InChI=1S/C7H12NO/c1-6(4-8-5-9)7-2-3-7/h6-7H,2-4H2,1H3,(H,8,9). The zero-order valence-corrected chi connectivity index (χ0v) is 5.68. The van der Waals surface area contributed by atoms with Crippen LogP contribution in [0.15, 0.2) is 0 Å². The van der Waals surface area contributed by atoms with Crippen LogP contribution in [0.5, 0.6) is 0 Å². The summed E-state index contributed by atoms with van der Waals surface area (Å²) in [6.07, 6.45) is 4.38. The van der Waals surface area contributed by atoms with Crippen molar-refractivity contribution in [1.82, 2.24) is 5.32 Å². The molecule has 1 aliphatic rings. The fourth-order valence-electron chi connectivity index (χ4n) is 1.03. The van der Waals surface area contributed by atoms with Crippen molar-refractivity contribution < 1.29 is 4.79 Å². The smallest absolute Gasteiger partial charge is 0.309 e. The van der Waals surface area contributed by atoms with E-state index in [1.54, 1.807) is 6.41 Å². The number of hydrogen-bond donors (Lipinski definition) is 1. The normalized spacial score (nSPS) is 21.0. The highest BCUT2D eigenvalue weighted by molar-refractivity contribution is 5.46. The first-order chi connectivity index (χ1) is 4.34. The van der Waals surface area contributed by atoms with Crippen LogP contribution in [0.1, 0.15) is 19.8 Å². The molecule has 0 aromatic rings. The number of amides is 1. The third kappa shape index (κ3) is 2.04. The van der Waals surface area contributed by atoms with E-state index in [0.29, 0.717) is 5.92 Å². The molecule has 1 aliphatic carbocycles. The van der Waals surface area contributed by atoms with Gasteiger partial charge in [-0.3, -0.25) is 4.79 Å². The van der Waals surface area contributed by atoms with Crippen LogP contribution in [0.3, 0.4) is 0 Å². The molecule has 0 spiro atoms. The molecule has 51 valence electrons. The lowest BCUT2D eigenvalue weighted by atomic mass is 10.1. The van der Waals surface area contributed by atoms with Gasteiger partial charge in [-0.05, 0) is 24.7 Å². The molecule has 0 heterocycles. The third-order valence-corrected chi connectivity index (χ3v) is 1.92. The number of rotatable bonds is 4. The van der Waals surface area contributed by atoms with Crippen molar-refractivity contribution in [2.75, 3.05) is 6.54 Å². The largest absolute Gasteiger partial charge is 0.348 e. The zero-order chi connectivity index (χ0) is 6.69. The fraction of sp³-hybridized carbons (Fsp3) is 0.857. The van der Waals surface area contributed by atoms with E-state index in [2.05, 4.69) is 12.2 Å². The van der Waals surface area contributed by atoms with E-state index >= 15 is 0 Å². The molecule has 1 atom stereocenters. The molecule has 1 saturated carbocycles. The van der Waals surface area contributed by atoms with Gasteiger partial charge in [-0.15, -0.1) is 0 Å². The highest BCUT2D eigenvalue weighted by atomic mass is 16.1. The van der Waals surface area contributed by atoms with Crippen molar-refractivity contribution in [2.24, 2.45) is 11.8 Å². The first kappa shape index (κ1) is 6.59. The minimum absolute atomic E-state index is 0.659. The summed E-state index contributed by atoms with van der Waals surface area (Å²) < 4.78 is 0. The van der Waals surface area contributed by atoms with Crippen LogP contribution in [-0.4, -0.2) is 13.0 Å². The van der Waals surface area contributed by atoms with Gasteiger partial charge in [-0.25, -0.2) is 0 Å². The van der Waals surface area contributed by atoms with E-state index in [9.17, 15) is 4.79 Å². The molecule has 9 heavy (non-hydrogen) atoms. The first-order valence-corrected chi connectivity index (χ1v) is 3.44. The monoisotopic (exact) mass is 126 g/mol. The van der Waals surface area contributed by atoms with Gasteiger partial charge >= 0.3 is 6.41 Å². The quantitative estimate of drug-likeness (QED) is 0.552. The molecule has 2 heteroatoms. The molecule has 2 nitrogen and oxygen atoms in total. The second-order valence-corrected chi connectivity index (χ2v) is 2.80. The van der Waals surface area contributed by atoms with Crippen LogP contribution in [-0.2, 0) is 4.79 Å². The second kappa shape index (κ2) is 2.85. The molecular formula is C7H12NO. The van der Waals surface area contributed by atoms with E-state index in [1.165, 1.54) is 12.8 Å². The van der Waals surface area contributed by atoms with Crippen molar-refractivity contribution in [1.29, 1.82) is 0 Å². The maximum Gasteiger partial charge on any atom is 0.309 e. The Morgan fingerprint density at radius 3 is 2.89 bits per heavy atom. The predicted octanol–water partition coefficient (Wildman–Crippen LogP) is 0.689. The van der Waals surface area contributed by atoms with Gasteiger partial charge < -0.3 is 5.32 Å². The molecule has 0 aliphatic heterocycles. The Kier molecular flexibility index (Phi) is 2.09. The van der Waals surface area contributed by atoms with Crippen LogP contribution in [0, 0.1) is 11.8 Å². The van der Waals surface area contributed by atoms with Gasteiger partial charge in [0.2, 0.25) is 0 Å². The molecule has 0 saturated heterocycles. The highest BCUT2D eigenvalue weighted by Gasteiger charge is 2.27. The topological polar surface area (TPSA) is 29.1 Å². The van der Waals surface area contributed by atoms with Gasteiger partial charge in [0.15, 0.2) is 0 Å². The van der Waals surface area contributed by atoms with Crippen LogP contribution < -0.4 is 5.32 Å². The summed E-state index contributed by atoms with van der Waals surface area (Å²) >= 11 is 0. The Balaban J connectivity index is 2.02. The molecule has 1 fully saturated rings. The summed E-state index contributed by atoms with van der Waals surface area (Å²) in [5.74, 6) is 1.54. The summed E-state index contributed by atoms with van der Waals surface area (Å²) in [5, 5.41) is 2.56. The van der Waals surface area contributed by atoms with E-state index < -0.39 is 0 Å². The Hall–Kier alpha value is -0.530. The summed E-state index contributed by atoms with van der Waals surface area (Å²) in [5.41, 5.74) is 0. The minimum Gasteiger partial charge on any atom is -0.348 e. The van der Waals surface area contributed by atoms with E-state index in [4.69, 9.17) is 0 Å². The van der Waals surface area contributed by atoms with Gasteiger partial charge in [-0.1, -0.05) is 6.92 Å². The first-order valence-electron chi connectivity index (χ1n) is 3.44. The Labute approximate surface area is 55.6 Å². The van der Waals surface area contributed by atoms with Crippen molar-refractivity contribution in [3.8, 4) is 0 Å². The van der Waals surface area contributed by atoms with Crippen LogP contribution in [0.4, 0.5) is 0 Å². The van der Waals surface area contributed by atoms with Crippen LogP contribution in [0.2, 0.25) is 0 Å². The maximum atomic E-state index is 9.72.